The number of benzene rings is 2. The van der Waals surface area contributed by atoms with Crippen LogP contribution in [-0.4, -0.2) is 33.6 Å². The van der Waals surface area contributed by atoms with E-state index in [0.29, 0.717) is 21.8 Å². The molecule has 1 saturated heterocycles. The third-order valence-electron chi connectivity index (χ3n) is 5.00. The third-order valence-corrected chi connectivity index (χ3v) is 6.29. The van der Waals surface area contributed by atoms with Crippen molar-refractivity contribution in [2.45, 2.75) is 20.0 Å². The number of hydrogen-bond acceptors (Lipinski definition) is 5. The maximum Gasteiger partial charge on any atom is 0.334 e. The van der Waals surface area contributed by atoms with E-state index in [1.807, 2.05) is 18.4 Å². The average molecular weight is 468 g/mol. The van der Waals surface area contributed by atoms with Crippen LogP contribution in [0.4, 0.5) is 10.5 Å². The van der Waals surface area contributed by atoms with Crippen molar-refractivity contribution < 1.29 is 19.2 Å². The summed E-state index contributed by atoms with van der Waals surface area (Å²) in [5.74, 6) is -1.99. The Kier molecular flexibility index (Phi) is 6.07. The summed E-state index contributed by atoms with van der Waals surface area (Å²) in [6.07, 6.45) is 0. The van der Waals surface area contributed by atoms with E-state index in [1.165, 1.54) is 11.3 Å². The molecular weight excluding hydrogens is 450 g/mol. The molecule has 0 unspecified atom stereocenters. The van der Waals surface area contributed by atoms with Gasteiger partial charge in [-0.3, -0.25) is 24.2 Å². The zero-order valence-electron chi connectivity index (χ0n) is 17.0. The van der Waals surface area contributed by atoms with Gasteiger partial charge in [-0.05, 0) is 59.8 Å². The molecule has 2 aromatic carbocycles. The number of anilines is 1. The molecular formula is C23H18ClN3O4S. The van der Waals surface area contributed by atoms with Crippen molar-refractivity contribution in [3.63, 3.8) is 0 Å². The van der Waals surface area contributed by atoms with Crippen LogP contribution in [0, 0.1) is 6.92 Å². The van der Waals surface area contributed by atoms with Crippen LogP contribution in [0.5, 0.6) is 0 Å². The topological polar surface area (TPSA) is 86.8 Å². The number of nitrogens with one attached hydrogen (secondary N) is 1. The van der Waals surface area contributed by atoms with E-state index in [9.17, 15) is 19.2 Å². The van der Waals surface area contributed by atoms with E-state index in [1.54, 1.807) is 48.5 Å². The quantitative estimate of drug-likeness (QED) is 0.428. The molecule has 5 amide bonds. The normalized spacial score (nSPS) is 13.8. The number of hydrogen-bond donors (Lipinski definition) is 1. The molecule has 4 rings (SSSR count). The first-order valence-electron chi connectivity index (χ1n) is 9.69. The Morgan fingerprint density at radius 3 is 2.28 bits per heavy atom. The molecule has 0 spiro atoms. The second-order valence-electron chi connectivity index (χ2n) is 7.26. The van der Waals surface area contributed by atoms with Crippen LogP contribution >= 0.6 is 22.9 Å². The number of urea groups is 1. The molecule has 7 nitrogen and oxygen atoms in total. The van der Waals surface area contributed by atoms with E-state index in [-0.39, 0.29) is 19.0 Å². The summed E-state index contributed by atoms with van der Waals surface area (Å²) >= 11 is 7.41. The average Bonchev–Trinajstić information content (AvgIpc) is 3.36. The lowest BCUT2D eigenvalue weighted by Crippen LogP contribution is -2.32. The summed E-state index contributed by atoms with van der Waals surface area (Å²) in [6, 6.07) is 14.7. The standard InChI is InChI=1S/C23H18ClN3O4S/c1-14-11-17(8-9-19(14)24)25-20(28)16-6-4-15(5-7-16)12-26-21(29)22(30)27(23(26)31)13-18-3-2-10-32-18/h2-11H,12-13H2,1H3,(H,25,28). The van der Waals surface area contributed by atoms with Crippen LogP contribution in [-0.2, 0) is 22.7 Å². The molecule has 9 heteroatoms. The fourth-order valence-electron chi connectivity index (χ4n) is 3.26. The fraction of sp³-hybridized carbons (Fsp3) is 0.130. The number of halogens is 1. The molecule has 1 N–H and O–H groups in total. The molecule has 0 bridgehead atoms. The lowest BCUT2D eigenvalue weighted by Gasteiger charge is -2.15. The van der Waals surface area contributed by atoms with Gasteiger partial charge in [0.15, 0.2) is 0 Å². The Hall–Kier alpha value is -3.49. The van der Waals surface area contributed by atoms with E-state index in [4.69, 9.17) is 11.6 Å². The highest BCUT2D eigenvalue weighted by atomic mass is 35.5. The number of carbonyl (C=O) groups excluding carboxylic acids is 4. The maximum atomic E-state index is 12.6. The summed E-state index contributed by atoms with van der Waals surface area (Å²) in [4.78, 5) is 52.4. The minimum absolute atomic E-state index is 0.0530. The van der Waals surface area contributed by atoms with Gasteiger partial charge in [0, 0.05) is 21.2 Å². The van der Waals surface area contributed by atoms with Gasteiger partial charge in [0.25, 0.3) is 5.91 Å². The first-order chi connectivity index (χ1) is 15.3. The lowest BCUT2D eigenvalue weighted by molar-refractivity contribution is -0.143. The van der Waals surface area contributed by atoms with Gasteiger partial charge >= 0.3 is 17.8 Å². The summed E-state index contributed by atoms with van der Waals surface area (Å²) in [6.45, 7) is 1.86. The Labute approximate surface area is 193 Å². The van der Waals surface area contributed by atoms with Gasteiger partial charge in [-0.1, -0.05) is 29.8 Å². The van der Waals surface area contributed by atoms with Gasteiger partial charge in [-0.25, -0.2) is 4.79 Å². The van der Waals surface area contributed by atoms with Crippen LogP contribution in [0.2, 0.25) is 5.02 Å². The fourth-order valence-corrected chi connectivity index (χ4v) is 4.07. The minimum atomic E-state index is -0.855. The van der Waals surface area contributed by atoms with Crippen LogP contribution in [0.1, 0.15) is 26.4 Å². The summed E-state index contributed by atoms with van der Waals surface area (Å²) in [7, 11) is 0. The van der Waals surface area contributed by atoms with Crippen LogP contribution < -0.4 is 5.32 Å². The monoisotopic (exact) mass is 467 g/mol. The van der Waals surface area contributed by atoms with Crippen molar-refractivity contribution in [3.05, 3.63) is 86.6 Å². The SMILES string of the molecule is Cc1cc(NC(=O)c2ccc(CN3C(=O)C(=O)N(Cc4cccs4)C3=O)cc2)ccc1Cl. The summed E-state index contributed by atoms with van der Waals surface area (Å²) in [5.41, 5.74) is 2.51. The Bertz CT molecular complexity index is 1210. The van der Waals surface area contributed by atoms with Gasteiger partial charge < -0.3 is 5.32 Å². The van der Waals surface area contributed by atoms with Gasteiger partial charge in [-0.2, -0.15) is 0 Å². The molecule has 1 aliphatic rings. The first kappa shape index (κ1) is 21.7. The Balaban J connectivity index is 1.42. The van der Waals surface area contributed by atoms with Gasteiger partial charge in [-0.15, -0.1) is 11.3 Å². The predicted octanol–water partition coefficient (Wildman–Crippen LogP) is 4.45. The first-order valence-corrected chi connectivity index (χ1v) is 11.0. The summed E-state index contributed by atoms with van der Waals surface area (Å²) in [5, 5.41) is 5.25. The lowest BCUT2D eigenvalue weighted by atomic mass is 10.1. The zero-order valence-corrected chi connectivity index (χ0v) is 18.6. The van der Waals surface area contributed by atoms with E-state index >= 15 is 0 Å². The third kappa shape index (κ3) is 4.42. The number of imide groups is 2. The predicted molar refractivity (Wildman–Crippen MR) is 121 cm³/mol. The van der Waals surface area contributed by atoms with Crippen molar-refractivity contribution >= 4 is 52.4 Å². The number of rotatable bonds is 6. The number of nitrogens with zero attached hydrogens (tertiary/aromatic N) is 2. The highest BCUT2D eigenvalue weighted by molar-refractivity contribution is 7.09. The molecule has 0 saturated carbocycles. The Morgan fingerprint density at radius 2 is 1.66 bits per heavy atom. The molecule has 0 aliphatic carbocycles. The van der Waals surface area contributed by atoms with Crippen molar-refractivity contribution in [3.8, 4) is 0 Å². The largest absolute Gasteiger partial charge is 0.334 e. The van der Waals surface area contributed by atoms with Crippen LogP contribution in [0.15, 0.2) is 60.0 Å². The molecule has 32 heavy (non-hydrogen) atoms. The molecule has 3 aromatic rings. The highest BCUT2D eigenvalue weighted by Gasteiger charge is 2.44. The van der Waals surface area contributed by atoms with Gasteiger partial charge in [0.05, 0.1) is 13.1 Å². The maximum absolute atomic E-state index is 12.6. The second kappa shape index (κ2) is 8.94. The van der Waals surface area contributed by atoms with Gasteiger partial charge in [0.2, 0.25) is 0 Å². The summed E-state index contributed by atoms with van der Waals surface area (Å²) < 4.78 is 0. The molecule has 0 radical (unpaired) electrons. The highest BCUT2D eigenvalue weighted by Crippen LogP contribution is 2.22. The van der Waals surface area contributed by atoms with Crippen LogP contribution in [0.3, 0.4) is 0 Å². The molecule has 1 fully saturated rings. The number of thiophene rings is 1. The molecule has 2 heterocycles. The number of amides is 5. The molecule has 162 valence electrons. The van der Waals surface area contributed by atoms with Crippen molar-refractivity contribution in [1.29, 1.82) is 0 Å². The minimum Gasteiger partial charge on any atom is -0.322 e. The van der Waals surface area contributed by atoms with Crippen molar-refractivity contribution in [2.24, 2.45) is 0 Å². The molecule has 0 atom stereocenters. The number of aryl methyl sites for hydroxylation is 1. The number of carbonyl (C=O) groups is 4. The smallest absolute Gasteiger partial charge is 0.322 e. The van der Waals surface area contributed by atoms with E-state index in [0.717, 1.165) is 20.2 Å². The molecule has 1 aliphatic heterocycles. The van der Waals surface area contributed by atoms with E-state index in [2.05, 4.69) is 5.32 Å². The second-order valence-corrected chi connectivity index (χ2v) is 8.70. The van der Waals surface area contributed by atoms with Gasteiger partial charge in [0.1, 0.15) is 0 Å². The molecule has 1 aromatic heterocycles. The van der Waals surface area contributed by atoms with E-state index < -0.39 is 17.8 Å². The zero-order chi connectivity index (χ0) is 22.8. The van der Waals surface area contributed by atoms with Crippen LogP contribution in [0.25, 0.3) is 0 Å². The Morgan fingerprint density at radius 1 is 0.969 bits per heavy atom. The van der Waals surface area contributed by atoms with Crippen molar-refractivity contribution in [1.82, 2.24) is 9.80 Å². The van der Waals surface area contributed by atoms with Crippen molar-refractivity contribution in [2.75, 3.05) is 5.32 Å².